The van der Waals surface area contributed by atoms with E-state index in [1.54, 1.807) is 0 Å². The molecule has 0 unspecified atom stereocenters. The Morgan fingerprint density at radius 1 is 1.20 bits per heavy atom. The predicted molar refractivity (Wildman–Crippen MR) is 82.6 cm³/mol. The first-order valence-corrected chi connectivity index (χ1v) is 7.88. The van der Waals surface area contributed by atoms with E-state index in [0.717, 1.165) is 51.5 Å². The smallest absolute Gasteiger partial charge is 0.122 e. The van der Waals surface area contributed by atoms with Crippen LogP contribution in [0.25, 0.3) is 0 Å². The van der Waals surface area contributed by atoms with E-state index in [1.165, 1.54) is 24.1 Å². The molecular formula is C17H27NO2. The maximum absolute atomic E-state index is 5.66. The van der Waals surface area contributed by atoms with E-state index in [4.69, 9.17) is 9.47 Å². The fourth-order valence-electron chi connectivity index (χ4n) is 2.69. The summed E-state index contributed by atoms with van der Waals surface area (Å²) in [4.78, 5) is 2.50. The number of ether oxygens (including phenoxy) is 2. The van der Waals surface area contributed by atoms with Gasteiger partial charge in [-0.3, -0.25) is 4.90 Å². The molecule has 0 saturated carbocycles. The Kier molecular flexibility index (Phi) is 6.34. The van der Waals surface area contributed by atoms with Crippen LogP contribution < -0.4 is 4.74 Å². The minimum Gasteiger partial charge on any atom is -0.494 e. The molecule has 0 aliphatic carbocycles. The van der Waals surface area contributed by atoms with Crippen LogP contribution in [0.5, 0.6) is 5.75 Å². The van der Waals surface area contributed by atoms with Crippen LogP contribution in [0.2, 0.25) is 0 Å². The van der Waals surface area contributed by atoms with Gasteiger partial charge in [0.15, 0.2) is 0 Å². The minimum atomic E-state index is 0.739. The third kappa shape index (κ3) is 4.50. The molecule has 3 nitrogen and oxygen atoms in total. The van der Waals surface area contributed by atoms with Crippen molar-refractivity contribution in [2.45, 2.75) is 33.1 Å². The summed E-state index contributed by atoms with van der Waals surface area (Å²) in [6.45, 7) is 10.1. The van der Waals surface area contributed by atoms with Crippen LogP contribution >= 0.6 is 0 Å². The maximum Gasteiger partial charge on any atom is 0.122 e. The molecule has 1 aliphatic rings. The summed E-state index contributed by atoms with van der Waals surface area (Å²) in [6, 6.07) is 6.65. The molecule has 1 saturated heterocycles. The van der Waals surface area contributed by atoms with E-state index >= 15 is 0 Å². The number of hydrogen-bond acceptors (Lipinski definition) is 3. The Bertz CT molecular complexity index is 400. The standard InChI is InChI=1S/C17H27NO2/c1-3-16-14-15(7-8-17(16)20-4-2)6-5-9-18-10-12-19-13-11-18/h7-8,14H,3-6,9-13H2,1-2H3. The molecule has 2 rings (SSSR count). The molecule has 3 heteroatoms. The van der Waals surface area contributed by atoms with Crippen LogP contribution in [-0.2, 0) is 17.6 Å². The van der Waals surface area contributed by atoms with Crippen LogP contribution in [-0.4, -0.2) is 44.4 Å². The normalized spacial score (nSPS) is 16.3. The molecule has 0 spiro atoms. The monoisotopic (exact) mass is 277 g/mol. The molecule has 1 aromatic carbocycles. The summed E-state index contributed by atoms with van der Waals surface area (Å²) in [7, 11) is 0. The molecule has 0 radical (unpaired) electrons. The van der Waals surface area contributed by atoms with E-state index in [2.05, 4.69) is 30.0 Å². The van der Waals surface area contributed by atoms with Gasteiger partial charge in [0.1, 0.15) is 5.75 Å². The first-order chi connectivity index (χ1) is 9.83. The highest BCUT2D eigenvalue weighted by molar-refractivity contribution is 5.37. The molecular weight excluding hydrogens is 250 g/mol. The van der Waals surface area contributed by atoms with Crippen LogP contribution in [0.1, 0.15) is 31.4 Å². The predicted octanol–water partition coefficient (Wildman–Crippen LogP) is 2.91. The number of morpholine rings is 1. The van der Waals surface area contributed by atoms with E-state index in [1.807, 2.05) is 6.92 Å². The van der Waals surface area contributed by atoms with E-state index in [9.17, 15) is 0 Å². The lowest BCUT2D eigenvalue weighted by atomic mass is 10.0. The highest BCUT2D eigenvalue weighted by Gasteiger charge is 2.09. The van der Waals surface area contributed by atoms with Crippen LogP contribution in [0.4, 0.5) is 0 Å². The number of aryl methyl sites for hydroxylation is 2. The van der Waals surface area contributed by atoms with Gasteiger partial charge in [-0.25, -0.2) is 0 Å². The third-order valence-corrected chi connectivity index (χ3v) is 3.85. The quantitative estimate of drug-likeness (QED) is 0.765. The van der Waals surface area contributed by atoms with Gasteiger partial charge in [-0.15, -0.1) is 0 Å². The van der Waals surface area contributed by atoms with Gasteiger partial charge in [0.05, 0.1) is 19.8 Å². The van der Waals surface area contributed by atoms with Gasteiger partial charge in [-0.05, 0) is 49.9 Å². The van der Waals surface area contributed by atoms with Crippen molar-refractivity contribution in [1.82, 2.24) is 4.90 Å². The SMILES string of the molecule is CCOc1ccc(CCCN2CCOCC2)cc1CC. The molecule has 1 aliphatic heterocycles. The van der Waals surface area contributed by atoms with Gasteiger partial charge in [0.25, 0.3) is 0 Å². The Balaban J connectivity index is 1.82. The lowest BCUT2D eigenvalue weighted by molar-refractivity contribution is 0.0374. The van der Waals surface area contributed by atoms with Crippen molar-refractivity contribution in [2.75, 3.05) is 39.5 Å². The first-order valence-electron chi connectivity index (χ1n) is 7.88. The summed E-state index contributed by atoms with van der Waals surface area (Å²) < 4.78 is 11.0. The maximum atomic E-state index is 5.66. The average molecular weight is 277 g/mol. The van der Waals surface area contributed by atoms with Gasteiger partial charge < -0.3 is 9.47 Å². The number of nitrogens with zero attached hydrogens (tertiary/aromatic N) is 1. The van der Waals surface area contributed by atoms with Gasteiger partial charge in [-0.2, -0.15) is 0 Å². The number of hydrogen-bond donors (Lipinski definition) is 0. The molecule has 0 N–H and O–H groups in total. The van der Waals surface area contributed by atoms with Gasteiger partial charge in [0, 0.05) is 13.1 Å². The Hall–Kier alpha value is -1.06. The highest BCUT2D eigenvalue weighted by Crippen LogP contribution is 2.21. The van der Waals surface area contributed by atoms with Crippen molar-refractivity contribution in [3.05, 3.63) is 29.3 Å². The molecule has 112 valence electrons. The fourth-order valence-corrected chi connectivity index (χ4v) is 2.69. The highest BCUT2D eigenvalue weighted by atomic mass is 16.5. The lowest BCUT2D eigenvalue weighted by Crippen LogP contribution is -2.36. The number of benzene rings is 1. The molecule has 0 atom stereocenters. The zero-order valence-corrected chi connectivity index (χ0v) is 12.9. The average Bonchev–Trinajstić information content (AvgIpc) is 2.50. The summed E-state index contributed by atoms with van der Waals surface area (Å²) in [6.07, 6.45) is 3.40. The van der Waals surface area contributed by atoms with Crippen molar-refractivity contribution in [2.24, 2.45) is 0 Å². The van der Waals surface area contributed by atoms with Crippen LogP contribution in [0, 0.1) is 0 Å². The van der Waals surface area contributed by atoms with Crippen molar-refractivity contribution >= 4 is 0 Å². The topological polar surface area (TPSA) is 21.7 Å². The fraction of sp³-hybridized carbons (Fsp3) is 0.647. The van der Waals surface area contributed by atoms with Gasteiger partial charge in [-0.1, -0.05) is 19.1 Å². The molecule has 1 aromatic rings. The summed E-state index contributed by atoms with van der Waals surface area (Å²) in [5, 5.41) is 0. The molecule has 1 fully saturated rings. The van der Waals surface area contributed by atoms with Crippen molar-refractivity contribution in [3.63, 3.8) is 0 Å². The second-order valence-corrected chi connectivity index (χ2v) is 5.29. The van der Waals surface area contributed by atoms with Crippen molar-refractivity contribution < 1.29 is 9.47 Å². The van der Waals surface area contributed by atoms with Crippen LogP contribution in [0.15, 0.2) is 18.2 Å². The molecule has 0 amide bonds. The zero-order chi connectivity index (χ0) is 14.2. The van der Waals surface area contributed by atoms with E-state index in [0.29, 0.717) is 0 Å². The Morgan fingerprint density at radius 2 is 2.00 bits per heavy atom. The van der Waals surface area contributed by atoms with E-state index < -0.39 is 0 Å². The lowest BCUT2D eigenvalue weighted by Gasteiger charge is -2.26. The van der Waals surface area contributed by atoms with E-state index in [-0.39, 0.29) is 0 Å². The Labute approximate surface area is 122 Å². The first kappa shape index (κ1) is 15.3. The Morgan fingerprint density at radius 3 is 2.70 bits per heavy atom. The molecule has 0 aromatic heterocycles. The summed E-state index contributed by atoms with van der Waals surface area (Å²) >= 11 is 0. The second kappa shape index (κ2) is 8.28. The van der Waals surface area contributed by atoms with Crippen molar-refractivity contribution in [1.29, 1.82) is 0 Å². The molecule has 0 bridgehead atoms. The molecule has 20 heavy (non-hydrogen) atoms. The summed E-state index contributed by atoms with van der Waals surface area (Å²) in [5.41, 5.74) is 2.76. The second-order valence-electron chi connectivity index (χ2n) is 5.29. The molecule has 1 heterocycles. The van der Waals surface area contributed by atoms with Crippen molar-refractivity contribution in [3.8, 4) is 5.75 Å². The van der Waals surface area contributed by atoms with Gasteiger partial charge >= 0.3 is 0 Å². The largest absolute Gasteiger partial charge is 0.494 e. The summed E-state index contributed by atoms with van der Waals surface area (Å²) in [5.74, 6) is 1.05. The number of rotatable bonds is 7. The third-order valence-electron chi connectivity index (χ3n) is 3.85. The minimum absolute atomic E-state index is 0.739. The zero-order valence-electron chi connectivity index (χ0n) is 12.9. The van der Waals surface area contributed by atoms with Gasteiger partial charge in [0.2, 0.25) is 0 Å². The van der Waals surface area contributed by atoms with Crippen LogP contribution in [0.3, 0.4) is 0 Å².